The second-order valence-electron chi connectivity index (χ2n) is 4.78. The van der Waals surface area contributed by atoms with Crippen molar-refractivity contribution >= 4 is 11.9 Å². The van der Waals surface area contributed by atoms with Crippen molar-refractivity contribution in [2.45, 2.75) is 32.7 Å². The summed E-state index contributed by atoms with van der Waals surface area (Å²) in [5.74, 6) is -1.04. The number of amides is 1. The maximum Gasteiger partial charge on any atom is 0.320 e. The molecule has 1 saturated heterocycles. The molecular weight excluding hydrogens is 208 g/mol. The van der Waals surface area contributed by atoms with E-state index < -0.39 is 12.0 Å². The fraction of sp³-hybridized carbons (Fsp3) is 0.818. The van der Waals surface area contributed by atoms with Crippen molar-refractivity contribution in [2.24, 2.45) is 17.6 Å². The van der Waals surface area contributed by atoms with Crippen LogP contribution >= 0.6 is 0 Å². The van der Waals surface area contributed by atoms with Crippen LogP contribution in [-0.2, 0) is 9.59 Å². The predicted octanol–water partition coefficient (Wildman–Crippen LogP) is 0.293. The molecule has 1 rings (SSSR count). The average Bonchev–Trinajstić information content (AvgIpc) is 2.20. The molecule has 0 bridgehead atoms. The average molecular weight is 228 g/mol. The van der Waals surface area contributed by atoms with Gasteiger partial charge in [0.2, 0.25) is 5.91 Å². The zero-order valence-corrected chi connectivity index (χ0v) is 9.85. The van der Waals surface area contributed by atoms with E-state index in [-0.39, 0.29) is 11.8 Å². The molecule has 0 aromatic heterocycles. The van der Waals surface area contributed by atoms with Gasteiger partial charge in [0.05, 0.1) is 0 Å². The van der Waals surface area contributed by atoms with Crippen LogP contribution < -0.4 is 5.73 Å². The quantitative estimate of drug-likeness (QED) is 0.724. The third-order valence-corrected chi connectivity index (χ3v) is 3.25. The Labute approximate surface area is 95.6 Å². The van der Waals surface area contributed by atoms with Crippen molar-refractivity contribution < 1.29 is 14.7 Å². The van der Waals surface area contributed by atoms with Gasteiger partial charge in [-0.1, -0.05) is 13.8 Å². The number of nitrogens with zero attached hydrogens (tertiary/aromatic N) is 1. The molecule has 1 amide bonds. The molecule has 3 unspecified atom stereocenters. The Hall–Kier alpha value is -1.10. The highest BCUT2D eigenvalue weighted by molar-refractivity contribution is 5.77. The minimum atomic E-state index is -0.803. The molecule has 0 aromatic carbocycles. The molecule has 5 heteroatoms. The molecule has 0 aliphatic carbocycles. The fourth-order valence-corrected chi connectivity index (χ4v) is 2.11. The van der Waals surface area contributed by atoms with Crippen LogP contribution in [0.5, 0.6) is 0 Å². The number of carboxylic acid groups (broad SMARTS) is 1. The van der Waals surface area contributed by atoms with E-state index in [4.69, 9.17) is 10.8 Å². The zero-order chi connectivity index (χ0) is 12.3. The van der Waals surface area contributed by atoms with Crippen LogP contribution in [0.4, 0.5) is 0 Å². The first kappa shape index (κ1) is 13.0. The molecule has 1 aliphatic heterocycles. The number of hydrogen-bond acceptors (Lipinski definition) is 3. The molecule has 1 fully saturated rings. The van der Waals surface area contributed by atoms with Gasteiger partial charge < -0.3 is 10.8 Å². The number of carbonyl (C=O) groups excluding carboxylic acids is 1. The summed E-state index contributed by atoms with van der Waals surface area (Å²) in [5, 5.41) is 9.12. The number of nitrogens with two attached hydrogens (primary N) is 1. The van der Waals surface area contributed by atoms with E-state index in [1.807, 2.05) is 4.90 Å². The van der Waals surface area contributed by atoms with Crippen molar-refractivity contribution in [3.05, 3.63) is 0 Å². The monoisotopic (exact) mass is 228 g/mol. The highest BCUT2D eigenvalue weighted by Gasteiger charge is 2.32. The second kappa shape index (κ2) is 5.30. The first-order chi connectivity index (χ1) is 7.41. The Morgan fingerprint density at radius 3 is 2.69 bits per heavy atom. The van der Waals surface area contributed by atoms with E-state index in [9.17, 15) is 9.59 Å². The number of carboxylic acids is 1. The van der Waals surface area contributed by atoms with Gasteiger partial charge in [0.25, 0.3) is 0 Å². The summed E-state index contributed by atoms with van der Waals surface area (Å²) in [6.07, 6.45) is 1.63. The zero-order valence-electron chi connectivity index (χ0n) is 9.85. The number of carbonyl (C=O) groups is 2. The molecule has 3 atom stereocenters. The third kappa shape index (κ3) is 3.20. The highest BCUT2D eigenvalue weighted by atomic mass is 16.4. The lowest BCUT2D eigenvalue weighted by molar-refractivity contribution is -0.146. The molecule has 0 radical (unpaired) electrons. The van der Waals surface area contributed by atoms with E-state index in [0.29, 0.717) is 18.9 Å². The lowest BCUT2D eigenvalue weighted by atomic mass is 9.91. The summed E-state index contributed by atoms with van der Waals surface area (Å²) in [6.45, 7) is 4.97. The molecule has 3 N–H and O–H groups in total. The van der Waals surface area contributed by atoms with Gasteiger partial charge in [-0.3, -0.25) is 14.5 Å². The van der Waals surface area contributed by atoms with Crippen LogP contribution in [0.2, 0.25) is 0 Å². The summed E-state index contributed by atoms with van der Waals surface area (Å²) >= 11 is 0. The molecule has 0 saturated carbocycles. The van der Waals surface area contributed by atoms with Gasteiger partial charge in [-0.05, 0) is 25.3 Å². The van der Waals surface area contributed by atoms with E-state index in [0.717, 1.165) is 13.0 Å². The van der Waals surface area contributed by atoms with Crippen molar-refractivity contribution in [3.63, 3.8) is 0 Å². The molecule has 1 heterocycles. The summed E-state index contributed by atoms with van der Waals surface area (Å²) in [6, 6.07) is -0.467. The van der Waals surface area contributed by atoms with Gasteiger partial charge in [0.15, 0.2) is 0 Å². The molecule has 0 aromatic rings. The van der Waals surface area contributed by atoms with Crippen molar-refractivity contribution in [3.8, 4) is 0 Å². The SMILES string of the molecule is CC1CCN(CC(C)C(N)=O)C(C(=O)O)C1. The lowest BCUT2D eigenvalue weighted by Crippen LogP contribution is -2.49. The van der Waals surface area contributed by atoms with E-state index >= 15 is 0 Å². The minimum Gasteiger partial charge on any atom is -0.480 e. The van der Waals surface area contributed by atoms with Crippen molar-refractivity contribution in [1.29, 1.82) is 0 Å². The van der Waals surface area contributed by atoms with Gasteiger partial charge in [-0.15, -0.1) is 0 Å². The van der Waals surface area contributed by atoms with Crippen LogP contribution in [0.3, 0.4) is 0 Å². The van der Waals surface area contributed by atoms with Crippen LogP contribution in [0, 0.1) is 11.8 Å². The van der Waals surface area contributed by atoms with E-state index in [1.54, 1.807) is 6.92 Å². The topological polar surface area (TPSA) is 83.6 Å². The van der Waals surface area contributed by atoms with Crippen LogP contribution in [0.25, 0.3) is 0 Å². The maximum absolute atomic E-state index is 11.1. The number of likely N-dealkylation sites (tertiary alicyclic amines) is 1. The molecule has 16 heavy (non-hydrogen) atoms. The van der Waals surface area contributed by atoms with E-state index in [2.05, 4.69) is 6.92 Å². The normalized spacial score (nSPS) is 28.6. The minimum absolute atomic E-state index is 0.296. The summed E-state index contributed by atoms with van der Waals surface area (Å²) in [4.78, 5) is 23.9. The van der Waals surface area contributed by atoms with Crippen molar-refractivity contribution in [1.82, 2.24) is 4.90 Å². The lowest BCUT2D eigenvalue weighted by Gasteiger charge is -2.36. The number of rotatable bonds is 4. The Kier molecular flexibility index (Phi) is 4.29. The molecule has 0 spiro atoms. The van der Waals surface area contributed by atoms with Gasteiger partial charge in [0.1, 0.15) is 6.04 Å². The molecule has 1 aliphatic rings. The maximum atomic E-state index is 11.1. The van der Waals surface area contributed by atoms with Crippen LogP contribution in [0.15, 0.2) is 0 Å². The Balaban J connectivity index is 2.62. The van der Waals surface area contributed by atoms with Gasteiger partial charge in [-0.2, -0.15) is 0 Å². The number of piperidine rings is 1. The Morgan fingerprint density at radius 2 is 2.19 bits per heavy atom. The van der Waals surface area contributed by atoms with Gasteiger partial charge in [-0.25, -0.2) is 0 Å². The largest absolute Gasteiger partial charge is 0.480 e. The molecular formula is C11H20N2O3. The van der Waals surface area contributed by atoms with Gasteiger partial charge >= 0.3 is 5.97 Å². The molecule has 92 valence electrons. The number of primary amides is 1. The predicted molar refractivity (Wildman–Crippen MR) is 59.8 cm³/mol. The highest BCUT2D eigenvalue weighted by Crippen LogP contribution is 2.23. The van der Waals surface area contributed by atoms with Gasteiger partial charge in [0, 0.05) is 12.5 Å². The van der Waals surface area contributed by atoms with E-state index in [1.165, 1.54) is 0 Å². The second-order valence-corrected chi connectivity index (χ2v) is 4.78. The number of hydrogen-bond donors (Lipinski definition) is 2. The third-order valence-electron chi connectivity index (χ3n) is 3.25. The summed E-state index contributed by atoms with van der Waals surface area (Å²) < 4.78 is 0. The molecule has 5 nitrogen and oxygen atoms in total. The van der Waals surface area contributed by atoms with Crippen molar-refractivity contribution in [2.75, 3.05) is 13.1 Å². The summed E-state index contributed by atoms with van der Waals surface area (Å²) in [5.41, 5.74) is 5.19. The Morgan fingerprint density at radius 1 is 1.56 bits per heavy atom. The standard InChI is InChI=1S/C11H20N2O3/c1-7-3-4-13(6-8(2)10(12)14)9(5-7)11(15)16/h7-9H,3-6H2,1-2H3,(H2,12,14)(H,15,16). The number of aliphatic carboxylic acids is 1. The first-order valence-corrected chi connectivity index (χ1v) is 5.68. The Bertz CT molecular complexity index is 280. The first-order valence-electron chi connectivity index (χ1n) is 5.68. The fourth-order valence-electron chi connectivity index (χ4n) is 2.11. The summed E-state index contributed by atoms with van der Waals surface area (Å²) in [7, 11) is 0. The van der Waals surface area contributed by atoms with Crippen LogP contribution in [0.1, 0.15) is 26.7 Å². The van der Waals surface area contributed by atoms with Crippen LogP contribution in [-0.4, -0.2) is 41.0 Å². The smallest absolute Gasteiger partial charge is 0.320 e.